The molecule has 2 heterocycles. The van der Waals surface area contributed by atoms with Gasteiger partial charge in [-0.05, 0) is 61.4 Å². The Kier molecular flexibility index (Phi) is 9.54. The molecule has 1 aromatic heterocycles. The fraction of sp³-hybridized carbons (Fsp3) is 0.296. The van der Waals surface area contributed by atoms with E-state index in [0.29, 0.717) is 11.7 Å². The number of nitrogens with two attached hydrogens (primary N) is 1. The van der Waals surface area contributed by atoms with Crippen molar-refractivity contribution in [3.8, 4) is 5.75 Å². The molecule has 4 rings (SSSR count). The minimum atomic E-state index is -4.51. The van der Waals surface area contributed by atoms with Crippen molar-refractivity contribution >= 4 is 39.6 Å². The lowest BCUT2D eigenvalue weighted by Gasteiger charge is -2.34. The van der Waals surface area contributed by atoms with E-state index in [1.165, 1.54) is 7.11 Å². The number of aromatic carboxylic acids is 1. The van der Waals surface area contributed by atoms with Gasteiger partial charge in [-0.3, -0.25) is 9.59 Å². The van der Waals surface area contributed by atoms with Crippen molar-refractivity contribution in [1.82, 2.24) is 15.3 Å². The Bertz CT molecular complexity index is 1530. The van der Waals surface area contributed by atoms with Gasteiger partial charge in [0.25, 0.3) is 5.91 Å². The van der Waals surface area contributed by atoms with Gasteiger partial charge in [-0.15, -0.1) is 0 Å². The maximum Gasteiger partial charge on any atom is 0.341 e. The first-order chi connectivity index (χ1) is 20.1. The normalized spacial score (nSPS) is 14.5. The number of nitrogens with zero attached hydrogens (tertiary/aromatic N) is 3. The maximum absolute atomic E-state index is 12.8. The van der Waals surface area contributed by atoms with Crippen molar-refractivity contribution in [2.45, 2.75) is 36.4 Å². The van der Waals surface area contributed by atoms with Crippen LogP contribution in [0.3, 0.4) is 0 Å². The molecule has 5 N–H and O–H groups in total. The van der Waals surface area contributed by atoms with Crippen LogP contribution in [0.25, 0.3) is 0 Å². The largest absolute Gasteiger partial charge is 0.495 e. The fourth-order valence-corrected chi connectivity index (χ4v) is 5.23. The van der Waals surface area contributed by atoms with E-state index < -0.39 is 45.4 Å². The summed E-state index contributed by atoms with van der Waals surface area (Å²) in [5.41, 5.74) is 6.77. The van der Waals surface area contributed by atoms with E-state index in [1.807, 2.05) is 0 Å². The highest BCUT2D eigenvalue weighted by Crippen LogP contribution is 2.32. The second-order valence-corrected chi connectivity index (χ2v) is 10.9. The molecule has 15 heteroatoms. The molecular weight excluding hydrogens is 568 g/mol. The summed E-state index contributed by atoms with van der Waals surface area (Å²) >= 11 is 0. The van der Waals surface area contributed by atoms with E-state index >= 15 is 0 Å². The molecule has 0 aliphatic carbocycles. The third-order valence-corrected chi connectivity index (χ3v) is 7.73. The van der Waals surface area contributed by atoms with Crippen molar-refractivity contribution in [3.63, 3.8) is 0 Å². The van der Waals surface area contributed by atoms with Crippen molar-refractivity contribution in [3.05, 3.63) is 72.1 Å². The van der Waals surface area contributed by atoms with Crippen LogP contribution < -0.4 is 26.0 Å². The van der Waals surface area contributed by atoms with Crippen LogP contribution in [0.2, 0.25) is 0 Å². The number of hydrogen-bond donors (Lipinski definition) is 4. The zero-order valence-corrected chi connectivity index (χ0v) is 23.4. The number of carboxylic acids is 1. The summed E-state index contributed by atoms with van der Waals surface area (Å²) < 4.78 is 34.8. The Morgan fingerprint density at radius 3 is 2.33 bits per heavy atom. The molecule has 2 aromatic carbocycles. The molecule has 0 bridgehead atoms. The van der Waals surface area contributed by atoms with Gasteiger partial charge in [0.15, 0.2) is 0 Å². The zero-order chi connectivity index (χ0) is 30.3. The minimum Gasteiger partial charge on any atom is -0.495 e. The van der Waals surface area contributed by atoms with Gasteiger partial charge in [0.05, 0.1) is 30.9 Å². The summed E-state index contributed by atoms with van der Waals surface area (Å²) in [5.74, 6) is -1.97. The molecule has 3 aromatic rings. The van der Waals surface area contributed by atoms with E-state index in [0.717, 1.165) is 55.9 Å². The summed E-state index contributed by atoms with van der Waals surface area (Å²) in [5, 5.41) is 14.7. The van der Waals surface area contributed by atoms with Gasteiger partial charge in [-0.2, -0.15) is 8.42 Å². The third-order valence-electron chi connectivity index (χ3n) is 6.47. The Labute approximate surface area is 242 Å². The Morgan fingerprint density at radius 1 is 1.07 bits per heavy atom. The number of anilines is 2. The second kappa shape index (κ2) is 13.3. The first-order valence-electron chi connectivity index (χ1n) is 12.9. The number of benzene rings is 2. The smallest absolute Gasteiger partial charge is 0.341 e. The van der Waals surface area contributed by atoms with E-state index in [9.17, 15) is 22.8 Å². The second-order valence-electron chi connectivity index (χ2n) is 9.39. The SMILES string of the molecule is COc1cc(C(=O)NC(N)CC(=O)OS(=O)(=O)c2ccc(C(=O)O)cc2)ccc1N1CCC(Nc2ncccn2)CC1. The van der Waals surface area contributed by atoms with E-state index in [4.69, 9.17) is 15.6 Å². The zero-order valence-electron chi connectivity index (χ0n) is 22.6. The highest BCUT2D eigenvalue weighted by Gasteiger charge is 2.25. The number of rotatable bonds is 11. The molecule has 42 heavy (non-hydrogen) atoms. The number of piperidine rings is 1. The number of amides is 1. The van der Waals surface area contributed by atoms with Gasteiger partial charge in [0.2, 0.25) is 5.95 Å². The molecule has 1 amide bonds. The lowest BCUT2D eigenvalue weighted by molar-refractivity contribution is -0.134. The number of ether oxygens (including phenoxy) is 1. The minimum absolute atomic E-state index is 0.133. The number of hydrogen-bond acceptors (Lipinski definition) is 12. The monoisotopic (exact) mass is 598 g/mol. The van der Waals surface area contributed by atoms with E-state index in [1.54, 1.807) is 36.7 Å². The van der Waals surface area contributed by atoms with Gasteiger partial charge in [-0.1, -0.05) is 0 Å². The molecule has 1 atom stereocenters. The van der Waals surface area contributed by atoms with Crippen molar-refractivity contribution < 1.29 is 36.8 Å². The van der Waals surface area contributed by atoms with Crippen LogP contribution in [0.1, 0.15) is 40.0 Å². The number of carbonyl (C=O) groups is 3. The van der Waals surface area contributed by atoms with Crippen LogP contribution in [-0.2, 0) is 19.1 Å². The molecule has 0 spiro atoms. The first-order valence-corrected chi connectivity index (χ1v) is 14.3. The maximum atomic E-state index is 12.8. The summed E-state index contributed by atoms with van der Waals surface area (Å²) in [6, 6.07) is 11.0. The highest BCUT2D eigenvalue weighted by molar-refractivity contribution is 7.87. The number of methoxy groups -OCH3 is 1. The quantitative estimate of drug-likeness (QED) is 0.183. The van der Waals surface area contributed by atoms with E-state index in [2.05, 4.69) is 29.7 Å². The molecule has 0 radical (unpaired) electrons. The molecule has 1 saturated heterocycles. The predicted molar refractivity (Wildman–Crippen MR) is 151 cm³/mol. The number of nitrogens with one attached hydrogen (secondary N) is 2. The summed E-state index contributed by atoms with van der Waals surface area (Å²) in [6.07, 6.45) is 3.17. The summed E-state index contributed by atoms with van der Waals surface area (Å²) in [4.78, 5) is 46.1. The van der Waals surface area contributed by atoms with Crippen LogP contribution in [0, 0.1) is 0 Å². The molecule has 1 unspecified atom stereocenters. The standard InChI is InChI=1S/C27H30N6O8S/c1-40-22-15-18(5-8-21(22)33-13-9-19(10-14-33)31-27-29-11-2-12-30-27)25(35)32-23(28)16-24(34)41-42(38,39)20-6-3-17(4-7-20)26(36)37/h2-8,11-12,15,19,23H,9-10,13-14,16,28H2,1H3,(H,32,35)(H,36,37)(H,29,30,31). The number of carbonyl (C=O) groups excluding carboxylic acids is 2. The molecule has 0 saturated carbocycles. The molecule has 222 valence electrons. The Balaban J connectivity index is 1.30. The van der Waals surface area contributed by atoms with Crippen molar-refractivity contribution in [2.75, 3.05) is 30.4 Å². The molecule has 1 aliphatic heterocycles. The van der Waals surface area contributed by atoms with Gasteiger partial charge in [0, 0.05) is 37.1 Å². The number of carboxylic acid groups (broad SMARTS) is 1. The average Bonchev–Trinajstić information content (AvgIpc) is 2.97. The van der Waals surface area contributed by atoms with E-state index in [-0.39, 0.29) is 17.2 Å². The van der Waals surface area contributed by atoms with Crippen LogP contribution >= 0.6 is 0 Å². The van der Waals surface area contributed by atoms with Gasteiger partial charge in [0.1, 0.15) is 10.6 Å². The lowest BCUT2D eigenvalue weighted by atomic mass is 10.0. The Hall–Kier alpha value is -4.76. The van der Waals surface area contributed by atoms with Crippen molar-refractivity contribution in [1.29, 1.82) is 0 Å². The fourth-order valence-electron chi connectivity index (χ4n) is 4.35. The average molecular weight is 599 g/mol. The van der Waals surface area contributed by atoms with Crippen LogP contribution in [0.15, 0.2) is 65.8 Å². The van der Waals surface area contributed by atoms with Gasteiger partial charge >= 0.3 is 22.1 Å². The van der Waals surface area contributed by atoms with Crippen LogP contribution in [-0.4, -0.2) is 73.7 Å². The molecule has 14 nitrogen and oxygen atoms in total. The first kappa shape index (κ1) is 30.2. The summed E-state index contributed by atoms with van der Waals surface area (Å²) in [7, 11) is -3.02. The highest BCUT2D eigenvalue weighted by atomic mass is 32.2. The third kappa shape index (κ3) is 7.70. The molecular formula is C27H30N6O8S. The topological polar surface area (TPSA) is 203 Å². The van der Waals surface area contributed by atoms with Crippen LogP contribution in [0.5, 0.6) is 5.75 Å². The summed E-state index contributed by atoms with van der Waals surface area (Å²) in [6.45, 7) is 1.48. The molecule has 1 aliphatic rings. The number of aromatic nitrogens is 2. The van der Waals surface area contributed by atoms with Gasteiger partial charge < -0.3 is 35.3 Å². The van der Waals surface area contributed by atoms with Crippen molar-refractivity contribution in [2.24, 2.45) is 5.73 Å². The van der Waals surface area contributed by atoms with Gasteiger partial charge in [-0.25, -0.2) is 14.8 Å². The Morgan fingerprint density at radius 2 is 1.71 bits per heavy atom. The lowest BCUT2D eigenvalue weighted by Crippen LogP contribution is -2.43. The van der Waals surface area contributed by atoms with Crippen LogP contribution in [0.4, 0.5) is 11.6 Å². The molecule has 1 fully saturated rings. The predicted octanol–water partition coefficient (Wildman–Crippen LogP) is 1.60.